The van der Waals surface area contributed by atoms with Crippen LogP contribution in [0.25, 0.3) is 66.9 Å². The number of furan rings is 1. The molecule has 0 amide bonds. The van der Waals surface area contributed by atoms with Crippen LogP contribution in [0.3, 0.4) is 0 Å². The molecule has 0 spiro atoms. The van der Waals surface area contributed by atoms with E-state index in [2.05, 4.69) is 71.0 Å². The normalized spacial score (nSPS) is 14.0. The third-order valence-electron chi connectivity index (χ3n) is 8.42. The van der Waals surface area contributed by atoms with E-state index < -0.39 is 0 Å². The Morgan fingerprint density at radius 3 is 1.80 bits per heavy atom. The molecule has 5 heteroatoms. The first-order valence-corrected chi connectivity index (χ1v) is 14.7. The summed E-state index contributed by atoms with van der Waals surface area (Å²) in [5.74, 6) is 9.61. The fourth-order valence-electron chi connectivity index (χ4n) is 6.47. The lowest BCUT2D eigenvalue weighted by molar-refractivity contribution is 0.464. The summed E-state index contributed by atoms with van der Waals surface area (Å²) in [6, 6.07) is 43.2. The minimum atomic E-state index is -0.0746. The van der Waals surface area contributed by atoms with E-state index in [0.29, 0.717) is 23.9 Å². The number of para-hydroxylation sites is 2. The molecule has 3 heterocycles. The summed E-state index contributed by atoms with van der Waals surface area (Å²) in [6.45, 7) is 0. The lowest BCUT2D eigenvalue weighted by atomic mass is 9.97. The molecule has 0 bridgehead atoms. The van der Waals surface area contributed by atoms with Gasteiger partial charge in [0.05, 0.1) is 5.56 Å². The molecule has 0 N–H and O–H groups in total. The molecule has 0 aliphatic heterocycles. The van der Waals surface area contributed by atoms with Crippen LogP contribution < -0.4 is 0 Å². The van der Waals surface area contributed by atoms with Crippen LogP contribution in [-0.2, 0) is 0 Å². The average molecular weight is 565 g/mol. The summed E-state index contributed by atoms with van der Waals surface area (Å²) < 4.78 is 9.11. The van der Waals surface area contributed by atoms with Crippen molar-refractivity contribution in [3.05, 3.63) is 139 Å². The van der Waals surface area contributed by atoms with Crippen molar-refractivity contribution in [1.82, 2.24) is 19.5 Å². The molecule has 5 aromatic carbocycles. The van der Waals surface area contributed by atoms with Crippen LogP contribution in [0.15, 0.2) is 132 Å². The Morgan fingerprint density at radius 1 is 0.591 bits per heavy atom. The predicted molar refractivity (Wildman–Crippen MR) is 175 cm³/mol. The third-order valence-corrected chi connectivity index (χ3v) is 8.42. The number of nitrogens with zero attached hydrogens (tertiary/aromatic N) is 4. The summed E-state index contributed by atoms with van der Waals surface area (Å²) in [5.41, 5.74) is 6.76. The maximum Gasteiger partial charge on any atom is 0.164 e. The fourth-order valence-corrected chi connectivity index (χ4v) is 6.47. The van der Waals surface area contributed by atoms with Gasteiger partial charge < -0.3 is 8.98 Å². The van der Waals surface area contributed by atoms with Crippen molar-refractivity contribution in [2.24, 2.45) is 0 Å². The van der Waals surface area contributed by atoms with E-state index in [4.69, 9.17) is 19.4 Å². The molecule has 1 unspecified atom stereocenters. The first-order valence-electron chi connectivity index (χ1n) is 14.7. The highest BCUT2D eigenvalue weighted by atomic mass is 16.3. The molecule has 0 fully saturated rings. The van der Waals surface area contributed by atoms with E-state index in [-0.39, 0.29) is 6.04 Å². The van der Waals surface area contributed by atoms with E-state index in [1.54, 1.807) is 0 Å². The molecule has 0 radical (unpaired) electrons. The number of aromatic nitrogens is 4. The maximum atomic E-state index is 6.72. The highest BCUT2D eigenvalue weighted by Crippen LogP contribution is 2.43. The molecule has 44 heavy (non-hydrogen) atoms. The van der Waals surface area contributed by atoms with Crippen molar-refractivity contribution in [2.45, 2.75) is 12.5 Å². The fraction of sp³-hybridized carbons (Fsp3) is 0.0513. The zero-order valence-electron chi connectivity index (χ0n) is 23.6. The number of hydrogen-bond donors (Lipinski definition) is 0. The van der Waals surface area contributed by atoms with Crippen molar-refractivity contribution >= 4 is 32.8 Å². The number of benzene rings is 5. The maximum absolute atomic E-state index is 6.72. The summed E-state index contributed by atoms with van der Waals surface area (Å²) in [6.07, 6.45) is 0.660. The molecule has 1 aliphatic carbocycles. The lowest BCUT2D eigenvalue weighted by Gasteiger charge is -2.20. The van der Waals surface area contributed by atoms with Gasteiger partial charge in [-0.2, -0.15) is 0 Å². The number of hydrogen-bond acceptors (Lipinski definition) is 4. The summed E-state index contributed by atoms with van der Waals surface area (Å²) in [4.78, 5) is 14.9. The van der Waals surface area contributed by atoms with Crippen molar-refractivity contribution in [3.8, 4) is 46.0 Å². The van der Waals surface area contributed by atoms with E-state index >= 15 is 0 Å². The van der Waals surface area contributed by atoms with Crippen LogP contribution >= 0.6 is 0 Å². The molecule has 206 valence electrons. The van der Waals surface area contributed by atoms with Gasteiger partial charge in [0.15, 0.2) is 17.5 Å². The first-order chi connectivity index (χ1) is 21.8. The second kappa shape index (κ2) is 9.79. The molecular weight excluding hydrogens is 540 g/mol. The van der Waals surface area contributed by atoms with E-state index in [9.17, 15) is 0 Å². The first kappa shape index (κ1) is 24.6. The molecule has 9 rings (SSSR count). The molecule has 0 saturated heterocycles. The van der Waals surface area contributed by atoms with Gasteiger partial charge in [0.2, 0.25) is 0 Å². The SMILES string of the molecule is C1#Cc2c(oc3cccc(-c4nc(-c5ccccc5)nc(-c5ccccc5)n4)c23)C(n2c3ccccc3c3ccccc32)C1. The Bertz CT molecular complexity index is 2320. The molecular formula is C39H24N4O. The predicted octanol–water partition coefficient (Wildman–Crippen LogP) is 9.07. The van der Waals surface area contributed by atoms with Gasteiger partial charge in [0, 0.05) is 50.3 Å². The van der Waals surface area contributed by atoms with Gasteiger partial charge in [0.1, 0.15) is 17.4 Å². The monoisotopic (exact) mass is 564 g/mol. The van der Waals surface area contributed by atoms with Gasteiger partial charge in [-0.05, 0) is 18.2 Å². The van der Waals surface area contributed by atoms with Crippen LogP contribution in [0.5, 0.6) is 0 Å². The molecule has 3 aromatic heterocycles. The van der Waals surface area contributed by atoms with Gasteiger partial charge >= 0.3 is 0 Å². The van der Waals surface area contributed by atoms with Gasteiger partial charge in [-0.25, -0.2) is 15.0 Å². The van der Waals surface area contributed by atoms with Crippen LogP contribution in [0, 0.1) is 11.8 Å². The second-order valence-electron chi connectivity index (χ2n) is 11.0. The highest BCUT2D eigenvalue weighted by molar-refractivity contribution is 6.08. The highest BCUT2D eigenvalue weighted by Gasteiger charge is 2.30. The Labute approximate surface area is 253 Å². The van der Waals surface area contributed by atoms with Crippen molar-refractivity contribution < 1.29 is 4.42 Å². The van der Waals surface area contributed by atoms with E-state index in [1.165, 1.54) is 21.8 Å². The quantitative estimate of drug-likeness (QED) is 0.200. The summed E-state index contributed by atoms with van der Waals surface area (Å²) >= 11 is 0. The molecule has 8 aromatic rings. The number of rotatable bonds is 4. The van der Waals surface area contributed by atoms with Crippen LogP contribution in [0.4, 0.5) is 0 Å². The van der Waals surface area contributed by atoms with Gasteiger partial charge in [-0.3, -0.25) is 0 Å². The Hall–Kier alpha value is -5.99. The zero-order valence-corrected chi connectivity index (χ0v) is 23.6. The van der Waals surface area contributed by atoms with Crippen LogP contribution in [0.2, 0.25) is 0 Å². The summed E-state index contributed by atoms with van der Waals surface area (Å²) in [5, 5.41) is 3.39. The molecule has 1 aliphatic rings. The zero-order chi connectivity index (χ0) is 29.0. The van der Waals surface area contributed by atoms with Gasteiger partial charge in [-0.15, -0.1) is 0 Å². The molecule has 5 nitrogen and oxygen atoms in total. The van der Waals surface area contributed by atoms with Crippen molar-refractivity contribution in [2.75, 3.05) is 0 Å². The minimum absolute atomic E-state index is 0.0746. The largest absolute Gasteiger partial charge is 0.457 e. The number of fused-ring (bicyclic) bond motifs is 6. The smallest absolute Gasteiger partial charge is 0.164 e. The topological polar surface area (TPSA) is 56.7 Å². The molecule has 0 saturated carbocycles. The second-order valence-corrected chi connectivity index (χ2v) is 11.0. The van der Waals surface area contributed by atoms with E-state index in [1.807, 2.05) is 72.8 Å². The van der Waals surface area contributed by atoms with Crippen LogP contribution in [-0.4, -0.2) is 19.5 Å². The standard InChI is InChI=1S/C39H24N4O/c1-3-13-25(14-4-1)37-40-38(26-15-5-2-6-16-26)42-39(41-37)30-20-12-24-34-35(30)29-19-11-23-33(36(29)44-34)43-31-21-9-7-17-27(31)28-18-8-10-22-32(28)43/h1-10,12-18,20-22,24,33H,23H2. The lowest BCUT2D eigenvalue weighted by Crippen LogP contribution is -2.12. The Morgan fingerprint density at radius 2 is 1.16 bits per heavy atom. The third kappa shape index (κ3) is 3.78. The van der Waals surface area contributed by atoms with E-state index in [0.717, 1.165) is 39.0 Å². The minimum Gasteiger partial charge on any atom is -0.457 e. The summed E-state index contributed by atoms with van der Waals surface area (Å²) in [7, 11) is 0. The van der Waals surface area contributed by atoms with Crippen molar-refractivity contribution in [1.29, 1.82) is 0 Å². The van der Waals surface area contributed by atoms with Crippen LogP contribution in [0.1, 0.15) is 23.8 Å². The Kier molecular flexibility index (Phi) is 5.47. The van der Waals surface area contributed by atoms with Gasteiger partial charge in [-0.1, -0.05) is 121 Å². The Balaban J connectivity index is 1.28. The molecule has 1 atom stereocenters. The average Bonchev–Trinajstić information content (AvgIpc) is 3.65. The van der Waals surface area contributed by atoms with Gasteiger partial charge in [0.25, 0.3) is 0 Å². The van der Waals surface area contributed by atoms with Crippen molar-refractivity contribution in [3.63, 3.8) is 0 Å².